The molecule has 1 aromatic carbocycles. The van der Waals surface area contributed by atoms with E-state index in [2.05, 4.69) is 10.2 Å². The Morgan fingerprint density at radius 1 is 1.15 bits per heavy atom. The number of carbonyl (C=O) groups excluding carboxylic acids is 1. The van der Waals surface area contributed by atoms with Crippen molar-refractivity contribution in [1.82, 2.24) is 14.5 Å². The number of anilines is 1. The number of hydrogen-bond acceptors (Lipinski definition) is 4. The predicted molar refractivity (Wildman–Crippen MR) is 103 cm³/mol. The van der Waals surface area contributed by atoms with Crippen LogP contribution in [0.2, 0.25) is 0 Å². The molecule has 0 radical (unpaired) electrons. The summed E-state index contributed by atoms with van der Waals surface area (Å²) in [5.41, 5.74) is 2.10. The van der Waals surface area contributed by atoms with Gasteiger partial charge in [-0.15, -0.1) is 0 Å². The molecule has 7 nitrogen and oxygen atoms in total. The number of nitrogens with one attached hydrogen (secondary N) is 1. The van der Waals surface area contributed by atoms with Gasteiger partial charge in [-0.2, -0.15) is 5.10 Å². The summed E-state index contributed by atoms with van der Waals surface area (Å²) < 4.78 is 26.3. The third kappa shape index (κ3) is 3.64. The van der Waals surface area contributed by atoms with Crippen molar-refractivity contribution in [3.63, 3.8) is 0 Å². The molecule has 0 unspecified atom stereocenters. The van der Waals surface area contributed by atoms with Crippen molar-refractivity contribution in [2.75, 3.05) is 25.0 Å². The molecular weight excluding hydrogens is 364 g/mol. The third-order valence-electron chi connectivity index (χ3n) is 5.46. The van der Waals surface area contributed by atoms with E-state index in [1.807, 2.05) is 30.3 Å². The molecular formula is C19H24N4O3S. The number of aromatic nitrogens is 2. The van der Waals surface area contributed by atoms with Gasteiger partial charge in [-0.3, -0.25) is 9.89 Å². The van der Waals surface area contributed by atoms with Crippen LogP contribution < -0.4 is 4.90 Å². The Labute approximate surface area is 159 Å². The summed E-state index contributed by atoms with van der Waals surface area (Å²) in [5.74, 6) is 0.0316. The first-order valence-electron chi connectivity index (χ1n) is 9.34. The lowest BCUT2D eigenvalue weighted by Crippen LogP contribution is -2.39. The van der Waals surface area contributed by atoms with Gasteiger partial charge in [-0.1, -0.05) is 18.2 Å². The Bertz CT molecular complexity index is 913. The fraction of sp³-hybridized carbons (Fsp3) is 0.474. The number of nitrogens with zero attached hydrogens (tertiary/aromatic N) is 3. The van der Waals surface area contributed by atoms with Gasteiger partial charge in [0.25, 0.3) is 5.91 Å². The van der Waals surface area contributed by atoms with Gasteiger partial charge in [0.2, 0.25) is 10.0 Å². The van der Waals surface area contributed by atoms with Gasteiger partial charge in [0.05, 0.1) is 5.25 Å². The Morgan fingerprint density at radius 3 is 2.44 bits per heavy atom. The fourth-order valence-corrected chi connectivity index (χ4v) is 5.47. The van der Waals surface area contributed by atoms with Crippen LogP contribution in [-0.4, -0.2) is 54.2 Å². The van der Waals surface area contributed by atoms with Crippen molar-refractivity contribution in [2.45, 2.75) is 36.9 Å². The van der Waals surface area contributed by atoms with Gasteiger partial charge in [0, 0.05) is 37.4 Å². The van der Waals surface area contributed by atoms with Crippen LogP contribution in [0.3, 0.4) is 0 Å². The minimum atomic E-state index is -3.10. The van der Waals surface area contributed by atoms with Crippen LogP contribution in [0, 0.1) is 0 Å². The average molecular weight is 388 g/mol. The van der Waals surface area contributed by atoms with Gasteiger partial charge in [-0.05, 0) is 43.9 Å². The van der Waals surface area contributed by atoms with E-state index >= 15 is 0 Å². The molecule has 27 heavy (non-hydrogen) atoms. The van der Waals surface area contributed by atoms with Crippen LogP contribution in [0.5, 0.6) is 0 Å². The maximum Gasteiger partial charge on any atom is 0.278 e. The number of para-hydroxylation sites is 1. The van der Waals surface area contributed by atoms with E-state index in [1.54, 1.807) is 22.3 Å². The third-order valence-corrected chi connectivity index (χ3v) is 7.86. The maximum atomic E-state index is 12.7. The van der Waals surface area contributed by atoms with Crippen molar-refractivity contribution >= 4 is 21.6 Å². The summed E-state index contributed by atoms with van der Waals surface area (Å²) >= 11 is 0. The van der Waals surface area contributed by atoms with Gasteiger partial charge < -0.3 is 4.90 Å². The summed E-state index contributed by atoms with van der Waals surface area (Å²) in [4.78, 5) is 14.2. The van der Waals surface area contributed by atoms with Crippen LogP contribution in [-0.2, 0) is 10.0 Å². The first-order valence-corrected chi connectivity index (χ1v) is 10.8. The standard InChI is InChI=1S/C19H24N4O3S/c1-22(15-5-3-2-4-6-15)19(24)18-13-17(20-21-18)14-9-11-23(12-10-14)27(25,26)16-7-8-16/h2-6,13-14,16H,7-12H2,1H3,(H,20,21). The number of amides is 1. The number of benzene rings is 1. The second kappa shape index (κ2) is 7.09. The summed E-state index contributed by atoms with van der Waals surface area (Å²) in [5, 5.41) is 7.03. The Kier molecular flexibility index (Phi) is 4.77. The highest BCUT2D eigenvalue weighted by Gasteiger charge is 2.41. The number of sulfonamides is 1. The summed E-state index contributed by atoms with van der Waals surface area (Å²) in [6.07, 6.45) is 3.08. The van der Waals surface area contributed by atoms with Crippen LogP contribution in [0.1, 0.15) is 47.8 Å². The molecule has 0 spiro atoms. The van der Waals surface area contributed by atoms with E-state index in [0.29, 0.717) is 18.8 Å². The number of carbonyl (C=O) groups is 1. The lowest BCUT2D eigenvalue weighted by Gasteiger charge is -2.30. The number of rotatable bonds is 5. The topological polar surface area (TPSA) is 86.4 Å². The summed E-state index contributed by atoms with van der Waals surface area (Å²) in [6, 6.07) is 11.2. The molecule has 2 heterocycles. The minimum absolute atomic E-state index is 0.154. The van der Waals surface area contributed by atoms with E-state index in [4.69, 9.17) is 0 Å². The van der Waals surface area contributed by atoms with Crippen molar-refractivity contribution in [2.24, 2.45) is 0 Å². The van der Waals surface area contributed by atoms with Gasteiger partial charge in [0.15, 0.2) is 5.69 Å². The molecule has 2 fully saturated rings. The molecule has 1 N–H and O–H groups in total. The first-order chi connectivity index (χ1) is 13.0. The number of H-pyrrole nitrogens is 1. The lowest BCUT2D eigenvalue weighted by molar-refractivity contribution is 0.0988. The zero-order valence-electron chi connectivity index (χ0n) is 15.3. The highest BCUT2D eigenvalue weighted by molar-refractivity contribution is 7.90. The van der Waals surface area contributed by atoms with E-state index in [9.17, 15) is 13.2 Å². The quantitative estimate of drug-likeness (QED) is 0.852. The molecule has 1 amide bonds. The van der Waals surface area contributed by atoms with Gasteiger partial charge in [-0.25, -0.2) is 12.7 Å². The zero-order valence-corrected chi connectivity index (χ0v) is 16.2. The molecule has 2 aliphatic rings. The average Bonchev–Trinajstić information content (AvgIpc) is 3.46. The summed E-state index contributed by atoms with van der Waals surface area (Å²) in [7, 11) is -1.37. The highest BCUT2D eigenvalue weighted by atomic mass is 32.2. The molecule has 144 valence electrons. The molecule has 1 aliphatic carbocycles. The second-order valence-corrected chi connectivity index (χ2v) is 9.54. The number of piperidine rings is 1. The normalized spacial score (nSPS) is 19.1. The largest absolute Gasteiger partial charge is 0.310 e. The number of hydrogen-bond donors (Lipinski definition) is 1. The molecule has 4 rings (SSSR count). The molecule has 1 aliphatic heterocycles. The van der Waals surface area contributed by atoms with E-state index in [1.165, 1.54) is 0 Å². The Hall–Kier alpha value is -2.19. The van der Waals surface area contributed by atoms with Gasteiger partial charge in [0.1, 0.15) is 0 Å². The maximum absolute atomic E-state index is 12.7. The van der Waals surface area contributed by atoms with Crippen LogP contribution in [0.15, 0.2) is 36.4 Å². The molecule has 0 bridgehead atoms. The van der Waals surface area contributed by atoms with Crippen molar-refractivity contribution in [1.29, 1.82) is 0 Å². The Balaban J connectivity index is 1.40. The van der Waals surface area contributed by atoms with Crippen molar-refractivity contribution < 1.29 is 13.2 Å². The molecule has 1 saturated heterocycles. The molecule has 1 saturated carbocycles. The van der Waals surface area contributed by atoms with Crippen LogP contribution in [0.25, 0.3) is 0 Å². The predicted octanol–water partition coefficient (Wildman–Crippen LogP) is 2.36. The van der Waals surface area contributed by atoms with E-state index in [-0.39, 0.29) is 17.1 Å². The van der Waals surface area contributed by atoms with Crippen LogP contribution >= 0.6 is 0 Å². The smallest absolute Gasteiger partial charge is 0.278 e. The second-order valence-electron chi connectivity index (χ2n) is 7.33. The zero-order chi connectivity index (χ0) is 19.0. The van der Waals surface area contributed by atoms with Crippen molar-refractivity contribution in [3.8, 4) is 0 Å². The first kappa shape index (κ1) is 18.2. The Morgan fingerprint density at radius 2 is 1.81 bits per heavy atom. The molecule has 1 aromatic heterocycles. The van der Waals surface area contributed by atoms with Crippen molar-refractivity contribution in [3.05, 3.63) is 47.8 Å². The molecule has 2 aromatic rings. The number of aromatic amines is 1. The van der Waals surface area contributed by atoms with Gasteiger partial charge >= 0.3 is 0 Å². The van der Waals surface area contributed by atoms with E-state index in [0.717, 1.165) is 37.1 Å². The SMILES string of the molecule is CN(C(=O)c1cc(C2CCN(S(=O)(=O)C3CC3)CC2)[nH]n1)c1ccccc1. The van der Waals surface area contributed by atoms with E-state index < -0.39 is 10.0 Å². The summed E-state index contributed by atoms with van der Waals surface area (Å²) in [6.45, 7) is 1.07. The molecule has 0 atom stereocenters. The highest BCUT2D eigenvalue weighted by Crippen LogP contribution is 2.35. The lowest BCUT2D eigenvalue weighted by atomic mass is 9.94. The monoisotopic (exact) mass is 388 g/mol. The molecule has 8 heteroatoms. The minimum Gasteiger partial charge on any atom is -0.310 e. The fourth-order valence-electron chi connectivity index (χ4n) is 3.59. The van der Waals surface area contributed by atoms with Crippen LogP contribution in [0.4, 0.5) is 5.69 Å².